The highest BCUT2D eigenvalue weighted by atomic mass is 32.2. The van der Waals surface area contributed by atoms with Gasteiger partial charge in [-0.25, -0.2) is 13.1 Å². The van der Waals surface area contributed by atoms with Gasteiger partial charge in [0.05, 0.1) is 6.04 Å². The minimum Gasteiger partial charge on any atom is -0.398 e. The summed E-state index contributed by atoms with van der Waals surface area (Å²) in [4.78, 5) is 1.04. The fraction of sp³-hybridized carbons (Fsp3) is 0.333. The molecule has 0 aliphatic heterocycles. The molecular weight excluding hydrogens is 300 g/mol. The maximum absolute atomic E-state index is 12.3. The third-order valence-corrected chi connectivity index (χ3v) is 6.54. The summed E-state index contributed by atoms with van der Waals surface area (Å²) in [6.07, 6.45) is 1.69. The van der Waals surface area contributed by atoms with E-state index in [0.29, 0.717) is 5.69 Å². The average Bonchev–Trinajstić information content (AvgIpc) is 2.98. The van der Waals surface area contributed by atoms with Gasteiger partial charge in [-0.05, 0) is 23.9 Å². The molecule has 2 rings (SSSR count). The normalized spacial score (nSPS) is 13.5. The molecule has 0 saturated carbocycles. The molecule has 1 unspecified atom stereocenters. The summed E-state index contributed by atoms with van der Waals surface area (Å²) < 4.78 is 27.6. The Labute approximate surface area is 121 Å². The quantitative estimate of drug-likeness (QED) is 0.859. The predicted molar refractivity (Wildman–Crippen MR) is 81.0 cm³/mol. The number of anilines is 1. The second kappa shape index (κ2) is 6.04. The van der Waals surface area contributed by atoms with E-state index in [4.69, 9.17) is 5.73 Å². The zero-order valence-electron chi connectivity index (χ0n) is 10.5. The van der Waals surface area contributed by atoms with Gasteiger partial charge in [-0.3, -0.25) is 0 Å². The summed E-state index contributed by atoms with van der Waals surface area (Å²) in [5.74, 6) is 0. The number of hydrogen-bond acceptors (Lipinski definition) is 5. The first-order valence-corrected chi connectivity index (χ1v) is 9.17. The summed E-state index contributed by atoms with van der Waals surface area (Å²) in [5.41, 5.74) is 6.06. The van der Waals surface area contributed by atoms with E-state index in [1.807, 2.05) is 24.4 Å². The molecule has 0 fully saturated rings. The molecule has 0 amide bonds. The molecule has 0 aliphatic carbocycles. The molecule has 19 heavy (non-hydrogen) atoms. The Morgan fingerprint density at radius 3 is 2.74 bits per heavy atom. The molecular formula is C12H16N2O2S3. The average molecular weight is 316 g/mol. The van der Waals surface area contributed by atoms with E-state index in [2.05, 4.69) is 4.72 Å². The summed E-state index contributed by atoms with van der Waals surface area (Å²) >= 11 is 2.71. The van der Waals surface area contributed by atoms with Crippen molar-refractivity contribution in [3.8, 4) is 0 Å². The van der Waals surface area contributed by atoms with E-state index in [-0.39, 0.29) is 10.3 Å². The molecule has 7 heteroatoms. The van der Waals surface area contributed by atoms with Crippen LogP contribution in [0.15, 0.2) is 33.2 Å². The first-order valence-electron chi connectivity index (χ1n) is 5.92. The van der Waals surface area contributed by atoms with Crippen molar-refractivity contribution < 1.29 is 8.42 Å². The van der Waals surface area contributed by atoms with Gasteiger partial charge in [-0.15, -0.1) is 22.7 Å². The fourth-order valence-electron chi connectivity index (χ4n) is 1.75. The molecule has 0 spiro atoms. The van der Waals surface area contributed by atoms with Gasteiger partial charge in [0.25, 0.3) is 10.0 Å². The Morgan fingerprint density at radius 1 is 1.42 bits per heavy atom. The Hall–Kier alpha value is -0.890. The van der Waals surface area contributed by atoms with Crippen molar-refractivity contribution in [2.45, 2.75) is 30.0 Å². The zero-order chi connectivity index (χ0) is 13.9. The molecule has 104 valence electrons. The van der Waals surface area contributed by atoms with E-state index in [1.54, 1.807) is 16.7 Å². The highest BCUT2D eigenvalue weighted by Crippen LogP contribution is 2.27. The molecule has 0 radical (unpaired) electrons. The number of thiophene rings is 2. The fourth-order valence-corrected chi connectivity index (χ4v) is 4.99. The standard InChI is InChI=1S/C12H16N2O2S3/c1-2-4-10(11-5-3-6-17-11)14-19(15,16)12-7-9(13)8-18-12/h3,5-8,10,14H,2,4,13H2,1H3. The lowest BCUT2D eigenvalue weighted by molar-refractivity contribution is 0.542. The van der Waals surface area contributed by atoms with Gasteiger partial charge in [0.1, 0.15) is 4.21 Å². The summed E-state index contributed by atoms with van der Waals surface area (Å²) in [6, 6.07) is 5.21. The minimum atomic E-state index is -3.49. The van der Waals surface area contributed by atoms with Crippen LogP contribution in [0.4, 0.5) is 5.69 Å². The lowest BCUT2D eigenvalue weighted by atomic mass is 10.1. The largest absolute Gasteiger partial charge is 0.398 e. The first-order chi connectivity index (χ1) is 9.03. The van der Waals surface area contributed by atoms with Gasteiger partial charge in [-0.1, -0.05) is 19.4 Å². The van der Waals surface area contributed by atoms with Crippen molar-refractivity contribution in [3.63, 3.8) is 0 Å². The van der Waals surface area contributed by atoms with Crippen LogP contribution in [0.5, 0.6) is 0 Å². The smallest absolute Gasteiger partial charge is 0.250 e. The van der Waals surface area contributed by atoms with E-state index < -0.39 is 10.0 Å². The minimum absolute atomic E-state index is 0.168. The molecule has 0 saturated heterocycles. The van der Waals surface area contributed by atoms with Gasteiger partial charge in [-0.2, -0.15) is 0 Å². The SMILES string of the molecule is CCCC(NS(=O)(=O)c1cc(N)cs1)c1cccs1. The van der Waals surface area contributed by atoms with Crippen molar-refractivity contribution in [1.82, 2.24) is 4.72 Å². The third kappa shape index (κ3) is 3.56. The van der Waals surface area contributed by atoms with Crippen LogP contribution in [0.25, 0.3) is 0 Å². The predicted octanol–water partition coefficient (Wildman–Crippen LogP) is 3.21. The Kier molecular flexibility index (Phi) is 4.62. The van der Waals surface area contributed by atoms with E-state index >= 15 is 0 Å². The van der Waals surface area contributed by atoms with Crippen molar-refractivity contribution in [3.05, 3.63) is 33.8 Å². The Balaban J connectivity index is 2.21. The van der Waals surface area contributed by atoms with Crippen LogP contribution in [-0.4, -0.2) is 8.42 Å². The Morgan fingerprint density at radius 2 is 2.21 bits per heavy atom. The monoisotopic (exact) mass is 316 g/mol. The van der Waals surface area contributed by atoms with Crippen LogP contribution in [0.3, 0.4) is 0 Å². The molecule has 0 aliphatic rings. The zero-order valence-corrected chi connectivity index (χ0v) is 12.9. The summed E-state index contributed by atoms with van der Waals surface area (Å²) in [6.45, 7) is 2.04. The van der Waals surface area contributed by atoms with Crippen LogP contribution in [0, 0.1) is 0 Å². The van der Waals surface area contributed by atoms with Crippen LogP contribution in [0.2, 0.25) is 0 Å². The second-order valence-corrected chi connectivity index (χ2v) is 8.01. The van der Waals surface area contributed by atoms with Crippen molar-refractivity contribution in [2.24, 2.45) is 0 Å². The highest BCUT2D eigenvalue weighted by molar-refractivity contribution is 7.91. The molecule has 2 heterocycles. The van der Waals surface area contributed by atoms with Gasteiger partial charge in [0, 0.05) is 15.9 Å². The number of nitrogens with one attached hydrogen (secondary N) is 1. The van der Waals surface area contributed by atoms with Crippen LogP contribution in [0.1, 0.15) is 30.7 Å². The number of nitrogen functional groups attached to an aromatic ring is 1. The summed E-state index contributed by atoms with van der Waals surface area (Å²) in [7, 11) is -3.49. The maximum Gasteiger partial charge on any atom is 0.250 e. The van der Waals surface area contributed by atoms with Gasteiger partial charge >= 0.3 is 0 Å². The molecule has 3 N–H and O–H groups in total. The van der Waals surface area contributed by atoms with Crippen molar-refractivity contribution in [2.75, 3.05) is 5.73 Å². The van der Waals surface area contributed by atoms with Gasteiger partial charge in [0.2, 0.25) is 0 Å². The molecule has 2 aromatic rings. The van der Waals surface area contributed by atoms with E-state index in [9.17, 15) is 8.42 Å². The number of sulfonamides is 1. The molecule has 0 aromatic carbocycles. The van der Waals surface area contributed by atoms with Crippen molar-refractivity contribution in [1.29, 1.82) is 0 Å². The first kappa shape index (κ1) is 14.5. The lowest BCUT2D eigenvalue weighted by Crippen LogP contribution is -2.27. The summed E-state index contributed by atoms with van der Waals surface area (Å²) in [5, 5.41) is 3.59. The molecule has 0 bridgehead atoms. The molecule has 2 aromatic heterocycles. The van der Waals surface area contributed by atoms with Crippen LogP contribution in [-0.2, 0) is 10.0 Å². The van der Waals surface area contributed by atoms with E-state index in [0.717, 1.165) is 29.1 Å². The highest BCUT2D eigenvalue weighted by Gasteiger charge is 2.22. The van der Waals surface area contributed by atoms with Gasteiger partial charge < -0.3 is 5.73 Å². The molecule has 1 atom stereocenters. The van der Waals surface area contributed by atoms with Gasteiger partial charge in [0.15, 0.2) is 0 Å². The van der Waals surface area contributed by atoms with E-state index in [1.165, 1.54) is 6.07 Å². The lowest BCUT2D eigenvalue weighted by Gasteiger charge is -2.16. The molecule has 4 nitrogen and oxygen atoms in total. The van der Waals surface area contributed by atoms with Crippen molar-refractivity contribution >= 4 is 38.4 Å². The van der Waals surface area contributed by atoms with Crippen LogP contribution >= 0.6 is 22.7 Å². The topological polar surface area (TPSA) is 72.2 Å². The number of rotatable bonds is 6. The second-order valence-electron chi connectivity index (χ2n) is 4.18. The number of nitrogens with two attached hydrogens (primary N) is 1. The maximum atomic E-state index is 12.3. The third-order valence-electron chi connectivity index (χ3n) is 2.62. The number of hydrogen-bond donors (Lipinski definition) is 2. The van der Waals surface area contributed by atoms with Crippen LogP contribution < -0.4 is 10.5 Å². The Bertz CT molecular complexity index is 617.